The van der Waals surface area contributed by atoms with Crippen LogP contribution in [-0.4, -0.2) is 10.9 Å². The van der Waals surface area contributed by atoms with E-state index in [1.165, 1.54) is 0 Å². The quantitative estimate of drug-likeness (QED) is 0.634. The Kier molecular flexibility index (Phi) is 2.16. The summed E-state index contributed by atoms with van der Waals surface area (Å²) in [6.07, 6.45) is 0.865. The van der Waals surface area contributed by atoms with E-state index in [1.54, 1.807) is 0 Å². The van der Waals surface area contributed by atoms with E-state index in [9.17, 15) is 0 Å². The Bertz CT molecular complexity index is 185. The molecule has 3 heteroatoms. The van der Waals surface area contributed by atoms with Crippen LogP contribution in [0.5, 0.6) is 0 Å². The number of aryl methyl sites for hydroxylation is 2. The summed E-state index contributed by atoms with van der Waals surface area (Å²) in [5.41, 5.74) is 0.937. The molecular formula is C6H9NOS. The molecule has 0 aromatic carbocycles. The lowest BCUT2D eigenvalue weighted by Crippen LogP contribution is -1.79. The Morgan fingerprint density at radius 3 is 3.00 bits per heavy atom. The molecule has 0 fully saturated rings. The predicted molar refractivity (Wildman–Crippen MR) is 38.8 cm³/mol. The number of hydrogen-bond acceptors (Lipinski definition) is 3. The first-order valence-corrected chi connectivity index (χ1v) is 3.49. The van der Waals surface area contributed by atoms with Crippen molar-refractivity contribution in [3.05, 3.63) is 17.5 Å². The molecule has 0 saturated carbocycles. The van der Waals surface area contributed by atoms with Gasteiger partial charge in [0.05, 0.1) is 5.69 Å². The van der Waals surface area contributed by atoms with Gasteiger partial charge in [-0.2, -0.15) is 12.6 Å². The molecule has 9 heavy (non-hydrogen) atoms. The molecule has 0 unspecified atom stereocenters. The summed E-state index contributed by atoms with van der Waals surface area (Å²) >= 11 is 4.05. The zero-order valence-electron chi connectivity index (χ0n) is 5.29. The van der Waals surface area contributed by atoms with Crippen molar-refractivity contribution in [2.45, 2.75) is 13.3 Å². The second kappa shape index (κ2) is 2.92. The second-order valence-electron chi connectivity index (χ2n) is 1.91. The van der Waals surface area contributed by atoms with Gasteiger partial charge in [-0.25, -0.2) is 0 Å². The molecule has 0 bridgehead atoms. The molecule has 0 amide bonds. The highest BCUT2D eigenvalue weighted by Crippen LogP contribution is 2.02. The van der Waals surface area contributed by atoms with Crippen LogP contribution in [0.2, 0.25) is 0 Å². The van der Waals surface area contributed by atoms with Crippen LogP contribution in [0.3, 0.4) is 0 Å². The number of thiol groups is 1. The lowest BCUT2D eigenvalue weighted by Gasteiger charge is -1.83. The second-order valence-corrected chi connectivity index (χ2v) is 2.36. The fourth-order valence-corrected chi connectivity index (χ4v) is 0.865. The topological polar surface area (TPSA) is 26.0 Å². The van der Waals surface area contributed by atoms with Crippen LogP contribution in [0.25, 0.3) is 0 Å². The highest BCUT2D eigenvalue weighted by atomic mass is 32.1. The van der Waals surface area contributed by atoms with Gasteiger partial charge in [-0.1, -0.05) is 5.16 Å². The van der Waals surface area contributed by atoms with E-state index in [4.69, 9.17) is 4.52 Å². The number of hydrogen-bond donors (Lipinski definition) is 1. The summed E-state index contributed by atoms with van der Waals surface area (Å²) in [4.78, 5) is 0. The summed E-state index contributed by atoms with van der Waals surface area (Å²) in [6, 6.07) is 1.93. The molecule has 0 radical (unpaired) electrons. The summed E-state index contributed by atoms with van der Waals surface area (Å²) < 4.78 is 4.91. The molecule has 0 N–H and O–H groups in total. The molecule has 2 nitrogen and oxygen atoms in total. The van der Waals surface area contributed by atoms with Crippen LogP contribution >= 0.6 is 12.6 Å². The molecule has 1 rings (SSSR count). The predicted octanol–water partition coefficient (Wildman–Crippen LogP) is 1.46. The van der Waals surface area contributed by atoms with E-state index < -0.39 is 0 Å². The lowest BCUT2D eigenvalue weighted by atomic mass is 10.3. The average Bonchev–Trinajstić information content (AvgIpc) is 2.17. The molecule has 1 aromatic rings. The van der Waals surface area contributed by atoms with Crippen LogP contribution in [0.4, 0.5) is 0 Å². The van der Waals surface area contributed by atoms with E-state index >= 15 is 0 Å². The van der Waals surface area contributed by atoms with E-state index in [1.807, 2.05) is 13.0 Å². The zero-order valence-corrected chi connectivity index (χ0v) is 6.19. The summed E-state index contributed by atoms with van der Waals surface area (Å²) in [5, 5.41) is 3.73. The Morgan fingerprint density at radius 1 is 1.78 bits per heavy atom. The van der Waals surface area contributed by atoms with Crippen molar-refractivity contribution >= 4 is 12.6 Å². The number of nitrogens with zero attached hydrogens (tertiary/aromatic N) is 1. The van der Waals surface area contributed by atoms with E-state index in [-0.39, 0.29) is 0 Å². The third-order valence-corrected chi connectivity index (χ3v) is 1.26. The van der Waals surface area contributed by atoms with E-state index in [0.29, 0.717) is 0 Å². The maximum atomic E-state index is 4.91. The lowest BCUT2D eigenvalue weighted by molar-refractivity contribution is 0.383. The Morgan fingerprint density at radius 2 is 2.56 bits per heavy atom. The first-order chi connectivity index (χ1) is 4.33. The Balaban J connectivity index is 2.61. The maximum Gasteiger partial charge on any atom is 0.137 e. The summed E-state index contributed by atoms with van der Waals surface area (Å²) in [6.45, 7) is 1.91. The summed E-state index contributed by atoms with van der Waals surface area (Å²) in [5.74, 6) is 1.73. The van der Waals surface area contributed by atoms with Crippen LogP contribution in [0.15, 0.2) is 10.6 Å². The maximum absolute atomic E-state index is 4.91. The molecule has 0 atom stereocenters. The largest absolute Gasteiger partial charge is 0.361 e. The van der Waals surface area contributed by atoms with E-state index in [0.717, 1.165) is 23.6 Å². The van der Waals surface area contributed by atoms with Gasteiger partial charge < -0.3 is 4.52 Å². The van der Waals surface area contributed by atoms with Gasteiger partial charge in [-0.15, -0.1) is 0 Å². The Labute approximate surface area is 59.6 Å². The highest BCUT2D eigenvalue weighted by molar-refractivity contribution is 7.80. The fraction of sp³-hybridized carbons (Fsp3) is 0.500. The number of aromatic nitrogens is 1. The molecule has 0 saturated heterocycles. The van der Waals surface area contributed by atoms with Crippen LogP contribution < -0.4 is 0 Å². The van der Waals surface area contributed by atoms with Crippen molar-refractivity contribution in [1.82, 2.24) is 5.16 Å². The molecule has 1 aromatic heterocycles. The first kappa shape index (κ1) is 6.68. The normalized spacial score (nSPS) is 10.0. The highest BCUT2D eigenvalue weighted by Gasteiger charge is 1.96. The smallest absolute Gasteiger partial charge is 0.137 e. The standard InChI is InChI=1S/C6H9NOS/c1-5-4-6(2-3-9)8-7-5/h4,9H,2-3H2,1H3. The average molecular weight is 143 g/mol. The van der Waals surface area contributed by atoms with Crippen molar-refractivity contribution in [3.63, 3.8) is 0 Å². The van der Waals surface area contributed by atoms with Gasteiger partial charge in [0.2, 0.25) is 0 Å². The van der Waals surface area contributed by atoms with Gasteiger partial charge in [0.25, 0.3) is 0 Å². The minimum Gasteiger partial charge on any atom is -0.361 e. The molecule has 50 valence electrons. The zero-order chi connectivity index (χ0) is 6.69. The molecule has 1 heterocycles. The van der Waals surface area contributed by atoms with Crippen molar-refractivity contribution < 1.29 is 4.52 Å². The third kappa shape index (κ3) is 1.75. The van der Waals surface area contributed by atoms with Gasteiger partial charge in [0.1, 0.15) is 5.76 Å². The van der Waals surface area contributed by atoms with Crippen molar-refractivity contribution in [2.24, 2.45) is 0 Å². The van der Waals surface area contributed by atoms with Gasteiger partial charge in [0.15, 0.2) is 0 Å². The molecular weight excluding hydrogens is 134 g/mol. The van der Waals surface area contributed by atoms with Gasteiger partial charge >= 0.3 is 0 Å². The van der Waals surface area contributed by atoms with Gasteiger partial charge in [-0.3, -0.25) is 0 Å². The molecule has 0 aliphatic heterocycles. The Hall–Kier alpha value is -0.440. The molecule has 0 spiro atoms. The van der Waals surface area contributed by atoms with Crippen molar-refractivity contribution in [2.75, 3.05) is 5.75 Å². The van der Waals surface area contributed by atoms with E-state index in [2.05, 4.69) is 17.8 Å². The number of rotatable bonds is 2. The summed E-state index contributed by atoms with van der Waals surface area (Å²) in [7, 11) is 0. The first-order valence-electron chi connectivity index (χ1n) is 2.86. The van der Waals surface area contributed by atoms with Crippen LogP contribution in [0, 0.1) is 6.92 Å². The van der Waals surface area contributed by atoms with Gasteiger partial charge in [0, 0.05) is 12.5 Å². The minimum atomic E-state index is 0.814. The SMILES string of the molecule is Cc1cc(CCS)on1. The van der Waals surface area contributed by atoms with Crippen molar-refractivity contribution in [1.29, 1.82) is 0 Å². The minimum absolute atomic E-state index is 0.814. The van der Waals surface area contributed by atoms with Crippen LogP contribution in [-0.2, 0) is 6.42 Å². The van der Waals surface area contributed by atoms with Crippen LogP contribution in [0.1, 0.15) is 11.5 Å². The monoisotopic (exact) mass is 143 g/mol. The molecule has 0 aliphatic rings. The molecule has 0 aliphatic carbocycles. The third-order valence-electron chi connectivity index (χ3n) is 1.03. The van der Waals surface area contributed by atoms with Gasteiger partial charge in [-0.05, 0) is 12.7 Å². The van der Waals surface area contributed by atoms with Crippen molar-refractivity contribution in [3.8, 4) is 0 Å². The fourth-order valence-electron chi connectivity index (χ4n) is 0.644.